The van der Waals surface area contributed by atoms with Gasteiger partial charge in [0.2, 0.25) is 5.91 Å². The van der Waals surface area contributed by atoms with E-state index >= 15 is 0 Å². The van der Waals surface area contributed by atoms with Crippen LogP contribution in [-0.2, 0) is 11.3 Å². The largest absolute Gasteiger partial charge is 0.342 e. The van der Waals surface area contributed by atoms with Gasteiger partial charge in [-0.25, -0.2) is 0 Å². The smallest absolute Gasteiger partial charge is 0.219 e. The molecule has 2 aromatic rings. The Morgan fingerprint density at radius 2 is 2.14 bits per heavy atom. The first-order chi connectivity index (χ1) is 10.2. The molecule has 1 fully saturated rings. The Bertz CT molecular complexity index is 608. The summed E-state index contributed by atoms with van der Waals surface area (Å²) in [7, 11) is 0. The summed E-state index contributed by atoms with van der Waals surface area (Å²) in [6.45, 7) is 4.03. The maximum atomic E-state index is 11.6. The molecule has 1 aliphatic rings. The summed E-state index contributed by atoms with van der Waals surface area (Å²) in [5, 5.41) is 8.38. The van der Waals surface area contributed by atoms with Crippen LogP contribution in [0.1, 0.15) is 37.1 Å². The second kappa shape index (κ2) is 6.08. The molecule has 1 saturated heterocycles. The Kier molecular flexibility index (Phi) is 3.99. The van der Waals surface area contributed by atoms with Crippen molar-refractivity contribution in [1.82, 2.24) is 19.7 Å². The summed E-state index contributed by atoms with van der Waals surface area (Å²) in [6, 6.07) is 10.3. The van der Waals surface area contributed by atoms with Gasteiger partial charge in [0, 0.05) is 25.9 Å². The number of rotatable bonds is 3. The second-order valence-corrected chi connectivity index (χ2v) is 5.61. The molecule has 1 aliphatic heterocycles. The minimum Gasteiger partial charge on any atom is -0.342 e. The Hall–Kier alpha value is -2.17. The van der Waals surface area contributed by atoms with Gasteiger partial charge in [-0.05, 0) is 18.4 Å². The van der Waals surface area contributed by atoms with Crippen LogP contribution in [0.15, 0.2) is 36.7 Å². The van der Waals surface area contributed by atoms with Crippen molar-refractivity contribution in [2.45, 2.75) is 32.2 Å². The Labute approximate surface area is 124 Å². The van der Waals surface area contributed by atoms with Gasteiger partial charge in [-0.15, -0.1) is 10.2 Å². The topological polar surface area (TPSA) is 51.0 Å². The van der Waals surface area contributed by atoms with Crippen molar-refractivity contribution in [2.24, 2.45) is 0 Å². The molecule has 5 heteroatoms. The quantitative estimate of drug-likeness (QED) is 0.867. The summed E-state index contributed by atoms with van der Waals surface area (Å²) >= 11 is 0. The maximum absolute atomic E-state index is 11.6. The van der Waals surface area contributed by atoms with Gasteiger partial charge in [0.1, 0.15) is 12.2 Å². The fraction of sp³-hybridized carbons (Fsp3) is 0.438. The molecule has 0 saturated carbocycles. The lowest BCUT2D eigenvalue weighted by molar-refractivity contribution is -0.130. The summed E-state index contributed by atoms with van der Waals surface area (Å²) < 4.78 is 2.10. The normalized spacial score (nSPS) is 18.7. The number of carbonyl (C=O) groups excluding carboxylic acids is 1. The number of aromatic nitrogens is 3. The summed E-state index contributed by atoms with van der Waals surface area (Å²) in [4.78, 5) is 13.5. The van der Waals surface area contributed by atoms with Crippen molar-refractivity contribution in [3.63, 3.8) is 0 Å². The van der Waals surface area contributed by atoms with Crippen molar-refractivity contribution < 1.29 is 4.79 Å². The molecule has 0 radical (unpaired) electrons. The van der Waals surface area contributed by atoms with Crippen molar-refractivity contribution >= 4 is 5.91 Å². The summed E-state index contributed by atoms with van der Waals surface area (Å²) in [6.07, 6.45) is 3.88. The van der Waals surface area contributed by atoms with Crippen LogP contribution in [0.4, 0.5) is 0 Å². The standard InChI is InChI=1S/C16H20N4O/c1-13(21)19-9-5-8-15(11-19)16-18-17-12-20(16)10-14-6-3-2-4-7-14/h2-4,6-7,12,15H,5,8-11H2,1H3. The molecule has 0 N–H and O–H groups in total. The van der Waals surface area contributed by atoms with Gasteiger partial charge in [0.05, 0.1) is 6.54 Å². The van der Waals surface area contributed by atoms with Gasteiger partial charge >= 0.3 is 0 Å². The average Bonchev–Trinajstić information content (AvgIpc) is 2.96. The Balaban J connectivity index is 1.77. The number of hydrogen-bond donors (Lipinski definition) is 0. The monoisotopic (exact) mass is 284 g/mol. The fourth-order valence-corrected chi connectivity index (χ4v) is 2.96. The number of nitrogens with zero attached hydrogens (tertiary/aromatic N) is 4. The molecule has 1 unspecified atom stereocenters. The number of amides is 1. The summed E-state index contributed by atoms with van der Waals surface area (Å²) in [5.74, 6) is 1.42. The van der Waals surface area contributed by atoms with Crippen LogP contribution in [-0.4, -0.2) is 38.7 Å². The van der Waals surface area contributed by atoms with Crippen LogP contribution in [0.5, 0.6) is 0 Å². The van der Waals surface area contributed by atoms with Gasteiger partial charge in [0.15, 0.2) is 0 Å². The fourth-order valence-electron chi connectivity index (χ4n) is 2.96. The first kappa shape index (κ1) is 13.8. The zero-order valence-corrected chi connectivity index (χ0v) is 12.3. The van der Waals surface area contributed by atoms with Gasteiger partial charge in [-0.1, -0.05) is 30.3 Å². The van der Waals surface area contributed by atoms with Crippen LogP contribution in [0.25, 0.3) is 0 Å². The Morgan fingerprint density at radius 3 is 2.90 bits per heavy atom. The predicted molar refractivity (Wildman–Crippen MR) is 79.8 cm³/mol. The molecule has 0 bridgehead atoms. The molecule has 110 valence electrons. The predicted octanol–water partition coefficient (Wildman–Crippen LogP) is 2.05. The number of hydrogen-bond acceptors (Lipinski definition) is 3. The van der Waals surface area contributed by atoms with Crippen LogP contribution in [0, 0.1) is 0 Å². The number of benzene rings is 1. The van der Waals surface area contributed by atoms with E-state index in [2.05, 4.69) is 26.9 Å². The number of carbonyl (C=O) groups is 1. The molecular formula is C16H20N4O. The highest BCUT2D eigenvalue weighted by molar-refractivity contribution is 5.73. The van der Waals surface area contributed by atoms with Crippen LogP contribution in [0.2, 0.25) is 0 Å². The van der Waals surface area contributed by atoms with E-state index in [-0.39, 0.29) is 11.8 Å². The third-order valence-electron chi connectivity index (χ3n) is 4.07. The van der Waals surface area contributed by atoms with E-state index in [9.17, 15) is 4.79 Å². The maximum Gasteiger partial charge on any atom is 0.219 e. The molecule has 3 rings (SSSR count). The molecule has 1 amide bonds. The van der Waals surface area contributed by atoms with Crippen LogP contribution in [0.3, 0.4) is 0 Å². The summed E-state index contributed by atoms with van der Waals surface area (Å²) in [5.41, 5.74) is 1.23. The highest BCUT2D eigenvalue weighted by Crippen LogP contribution is 2.25. The third kappa shape index (κ3) is 3.12. The molecule has 21 heavy (non-hydrogen) atoms. The molecular weight excluding hydrogens is 264 g/mol. The zero-order valence-electron chi connectivity index (χ0n) is 12.3. The number of piperidine rings is 1. The highest BCUT2D eigenvalue weighted by atomic mass is 16.2. The van der Waals surface area contributed by atoms with E-state index in [4.69, 9.17) is 0 Å². The van der Waals surface area contributed by atoms with Crippen LogP contribution >= 0.6 is 0 Å². The van der Waals surface area contributed by atoms with E-state index in [1.54, 1.807) is 13.3 Å². The lowest BCUT2D eigenvalue weighted by Gasteiger charge is -2.31. The van der Waals surface area contributed by atoms with Crippen molar-refractivity contribution in [3.05, 3.63) is 48.0 Å². The van der Waals surface area contributed by atoms with Gasteiger partial charge in [-0.3, -0.25) is 4.79 Å². The highest BCUT2D eigenvalue weighted by Gasteiger charge is 2.26. The lowest BCUT2D eigenvalue weighted by Crippen LogP contribution is -2.38. The molecule has 1 aromatic heterocycles. The molecule has 5 nitrogen and oxygen atoms in total. The van der Waals surface area contributed by atoms with Crippen LogP contribution < -0.4 is 0 Å². The first-order valence-electron chi connectivity index (χ1n) is 7.41. The third-order valence-corrected chi connectivity index (χ3v) is 4.07. The van der Waals surface area contributed by atoms with Gasteiger partial charge < -0.3 is 9.47 Å². The minimum absolute atomic E-state index is 0.147. The van der Waals surface area contributed by atoms with E-state index in [0.29, 0.717) is 0 Å². The molecule has 0 aliphatic carbocycles. The van der Waals surface area contributed by atoms with Crippen molar-refractivity contribution in [1.29, 1.82) is 0 Å². The molecule has 1 atom stereocenters. The van der Waals surface area contributed by atoms with E-state index in [0.717, 1.165) is 38.3 Å². The average molecular weight is 284 g/mol. The first-order valence-corrected chi connectivity index (χ1v) is 7.41. The van der Waals surface area contributed by atoms with Gasteiger partial charge in [-0.2, -0.15) is 0 Å². The SMILES string of the molecule is CC(=O)N1CCCC(c2nncn2Cc2ccccc2)C1. The zero-order chi connectivity index (χ0) is 14.7. The molecule has 2 heterocycles. The molecule has 1 aromatic carbocycles. The van der Waals surface area contributed by atoms with Gasteiger partial charge in [0.25, 0.3) is 0 Å². The van der Waals surface area contributed by atoms with E-state index in [1.165, 1.54) is 5.56 Å². The second-order valence-electron chi connectivity index (χ2n) is 5.61. The van der Waals surface area contributed by atoms with Crippen molar-refractivity contribution in [3.8, 4) is 0 Å². The van der Waals surface area contributed by atoms with E-state index < -0.39 is 0 Å². The lowest BCUT2D eigenvalue weighted by atomic mass is 9.97. The molecule has 0 spiro atoms. The van der Waals surface area contributed by atoms with Crippen molar-refractivity contribution in [2.75, 3.05) is 13.1 Å². The minimum atomic E-state index is 0.147. The van der Waals surface area contributed by atoms with E-state index in [1.807, 2.05) is 23.1 Å². The number of likely N-dealkylation sites (tertiary alicyclic amines) is 1. The Morgan fingerprint density at radius 1 is 1.33 bits per heavy atom.